The maximum atomic E-state index is 12.3. The summed E-state index contributed by atoms with van der Waals surface area (Å²) < 4.78 is 5.25. The van der Waals surface area contributed by atoms with Crippen LogP contribution in [0.1, 0.15) is 19.8 Å². The van der Waals surface area contributed by atoms with Gasteiger partial charge in [0.25, 0.3) is 0 Å². The van der Waals surface area contributed by atoms with E-state index in [9.17, 15) is 4.79 Å². The topological polar surface area (TPSA) is 55.3 Å². The predicted octanol–water partition coefficient (Wildman–Crippen LogP) is 4.73. The number of ether oxygens (including phenoxy) is 1. The molecule has 0 bridgehead atoms. The summed E-state index contributed by atoms with van der Waals surface area (Å²) in [6.07, 6.45) is 1.78. The molecule has 2 heterocycles. The van der Waals surface area contributed by atoms with E-state index in [2.05, 4.69) is 4.90 Å². The molecule has 1 saturated heterocycles. The zero-order valence-electron chi connectivity index (χ0n) is 15.8. The number of hydrogen-bond acceptors (Lipinski definition) is 5. The van der Waals surface area contributed by atoms with E-state index in [4.69, 9.17) is 26.3 Å². The third-order valence-corrected chi connectivity index (χ3v) is 5.28. The Balaban J connectivity index is 1.75. The number of aromatic nitrogens is 2. The van der Waals surface area contributed by atoms with E-state index in [1.807, 2.05) is 55.5 Å². The number of esters is 1. The number of carbonyl (C=O) groups excluding carboxylic acids is 1. The largest absolute Gasteiger partial charge is 0.466 e. The summed E-state index contributed by atoms with van der Waals surface area (Å²) in [5.41, 5.74) is 1.80. The second-order valence-electron chi connectivity index (χ2n) is 6.93. The van der Waals surface area contributed by atoms with Crippen molar-refractivity contribution in [1.82, 2.24) is 9.97 Å². The van der Waals surface area contributed by atoms with Gasteiger partial charge in [-0.25, -0.2) is 9.97 Å². The van der Waals surface area contributed by atoms with Gasteiger partial charge in [-0.1, -0.05) is 23.7 Å². The summed E-state index contributed by atoms with van der Waals surface area (Å²) in [5.74, 6) is 1.28. The van der Waals surface area contributed by atoms with Crippen molar-refractivity contribution in [2.75, 3.05) is 24.6 Å². The molecule has 1 aliphatic rings. The molecule has 1 fully saturated rings. The van der Waals surface area contributed by atoms with Gasteiger partial charge in [-0.05, 0) is 56.2 Å². The Hall–Kier alpha value is -2.66. The van der Waals surface area contributed by atoms with E-state index in [0.29, 0.717) is 24.0 Å². The highest BCUT2D eigenvalue weighted by atomic mass is 35.5. The molecule has 3 aromatic rings. The van der Waals surface area contributed by atoms with Gasteiger partial charge in [-0.3, -0.25) is 4.79 Å². The number of nitrogens with zero attached hydrogens (tertiary/aromatic N) is 3. The maximum absolute atomic E-state index is 12.3. The predicted molar refractivity (Wildman–Crippen MR) is 112 cm³/mol. The molecular weight excluding hydrogens is 374 g/mol. The molecule has 1 aliphatic heterocycles. The lowest BCUT2D eigenvalue weighted by Crippen LogP contribution is -2.40. The fraction of sp³-hybridized carbons (Fsp3) is 0.318. The Morgan fingerprint density at radius 2 is 1.96 bits per heavy atom. The van der Waals surface area contributed by atoms with Crippen molar-refractivity contribution in [3.63, 3.8) is 0 Å². The first-order valence-corrected chi connectivity index (χ1v) is 9.98. The average molecular weight is 396 g/mol. The maximum Gasteiger partial charge on any atom is 0.310 e. The van der Waals surface area contributed by atoms with E-state index < -0.39 is 0 Å². The van der Waals surface area contributed by atoms with Gasteiger partial charge in [-0.15, -0.1) is 0 Å². The standard InChI is InChI=1S/C22H22ClN3O2/c1-2-28-22(27)16-6-5-13-26(14-16)21-18-7-3-4-8-19(18)24-20(25-21)15-9-11-17(23)12-10-15/h3-4,7-12,16H,2,5-6,13-14H2,1H3. The fourth-order valence-corrected chi connectivity index (χ4v) is 3.78. The molecule has 0 amide bonds. The summed E-state index contributed by atoms with van der Waals surface area (Å²) in [4.78, 5) is 24.1. The molecule has 6 heteroatoms. The summed E-state index contributed by atoms with van der Waals surface area (Å²) in [5, 5.41) is 1.67. The van der Waals surface area contributed by atoms with E-state index >= 15 is 0 Å². The second-order valence-corrected chi connectivity index (χ2v) is 7.37. The Morgan fingerprint density at radius 1 is 1.18 bits per heavy atom. The smallest absolute Gasteiger partial charge is 0.310 e. The number of anilines is 1. The molecular formula is C22H22ClN3O2. The van der Waals surface area contributed by atoms with Crippen molar-refractivity contribution in [1.29, 1.82) is 0 Å². The monoisotopic (exact) mass is 395 g/mol. The minimum absolute atomic E-state index is 0.122. The Bertz CT molecular complexity index is 991. The lowest BCUT2D eigenvalue weighted by Gasteiger charge is -2.33. The minimum atomic E-state index is -0.124. The molecule has 1 aromatic heterocycles. The number of fused-ring (bicyclic) bond motifs is 1. The molecule has 0 saturated carbocycles. The zero-order chi connectivity index (χ0) is 19.5. The van der Waals surface area contributed by atoms with Crippen LogP contribution in [0.3, 0.4) is 0 Å². The molecule has 5 nitrogen and oxygen atoms in total. The molecule has 28 heavy (non-hydrogen) atoms. The van der Waals surface area contributed by atoms with E-state index in [0.717, 1.165) is 41.7 Å². The van der Waals surface area contributed by atoms with Gasteiger partial charge in [0.15, 0.2) is 5.82 Å². The number of hydrogen-bond donors (Lipinski definition) is 0. The molecule has 0 spiro atoms. The van der Waals surface area contributed by atoms with Crippen molar-refractivity contribution in [2.45, 2.75) is 19.8 Å². The van der Waals surface area contributed by atoms with Gasteiger partial charge in [0.1, 0.15) is 5.82 Å². The molecule has 0 radical (unpaired) electrons. The second kappa shape index (κ2) is 8.15. The van der Waals surface area contributed by atoms with Crippen LogP contribution in [0.4, 0.5) is 5.82 Å². The van der Waals surface area contributed by atoms with E-state index in [1.165, 1.54) is 0 Å². The summed E-state index contributed by atoms with van der Waals surface area (Å²) in [6, 6.07) is 15.5. The summed E-state index contributed by atoms with van der Waals surface area (Å²) >= 11 is 6.03. The number of benzene rings is 2. The van der Waals surface area contributed by atoms with Crippen LogP contribution in [-0.4, -0.2) is 35.6 Å². The summed E-state index contributed by atoms with van der Waals surface area (Å²) in [6.45, 7) is 3.72. The van der Waals surface area contributed by atoms with Crippen molar-refractivity contribution in [3.05, 3.63) is 53.6 Å². The lowest BCUT2D eigenvalue weighted by atomic mass is 9.98. The first kappa shape index (κ1) is 18.7. The van der Waals surface area contributed by atoms with Crippen molar-refractivity contribution in [2.24, 2.45) is 5.92 Å². The van der Waals surface area contributed by atoms with Crippen LogP contribution < -0.4 is 4.90 Å². The normalized spacial score (nSPS) is 16.9. The number of para-hydroxylation sites is 1. The molecule has 1 unspecified atom stereocenters. The first-order chi connectivity index (χ1) is 13.7. The number of piperidine rings is 1. The Labute approximate surface area is 169 Å². The first-order valence-electron chi connectivity index (χ1n) is 9.60. The number of rotatable bonds is 4. The highest BCUT2D eigenvalue weighted by molar-refractivity contribution is 6.30. The van der Waals surface area contributed by atoms with Gasteiger partial charge in [0.2, 0.25) is 0 Å². The van der Waals surface area contributed by atoms with Crippen LogP contribution >= 0.6 is 11.6 Å². The molecule has 4 rings (SSSR count). The van der Waals surface area contributed by atoms with Crippen molar-refractivity contribution < 1.29 is 9.53 Å². The Kier molecular flexibility index (Phi) is 5.44. The quantitative estimate of drug-likeness (QED) is 0.598. The average Bonchev–Trinajstić information content (AvgIpc) is 2.74. The van der Waals surface area contributed by atoms with Gasteiger partial charge >= 0.3 is 5.97 Å². The van der Waals surface area contributed by atoms with Crippen LogP contribution in [-0.2, 0) is 9.53 Å². The van der Waals surface area contributed by atoms with Gasteiger partial charge in [0.05, 0.1) is 18.0 Å². The minimum Gasteiger partial charge on any atom is -0.466 e. The highest BCUT2D eigenvalue weighted by Gasteiger charge is 2.28. The van der Waals surface area contributed by atoms with Gasteiger partial charge in [0, 0.05) is 29.1 Å². The van der Waals surface area contributed by atoms with Crippen molar-refractivity contribution in [3.8, 4) is 11.4 Å². The van der Waals surface area contributed by atoms with Crippen LogP contribution in [0.15, 0.2) is 48.5 Å². The van der Waals surface area contributed by atoms with Gasteiger partial charge < -0.3 is 9.64 Å². The molecule has 0 N–H and O–H groups in total. The van der Waals surface area contributed by atoms with Gasteiger partial charge in [-0.2, -0.15) is 0 Å². The number of carbonyl (C=O) groups is 1. The van der Waals surface area contributed by atoms with Crippen LogP contribution in [0.25, 0.3) is 22.3 Å². The Morgan fingerprint density at radius 3 is 2.75 bits per heavy atom. The third-order valence-electron chi connectivity index (χ3n) is 5.03. The zero-order valence-corrected chi connectivity index (χ0v) is 16.5. The van der Waals surface area contributed by atoms with Crippen LogP contribution in [0, 0.1) is 5.92 Å². The van der Waals surface area contributed by atoms with E-state index in [-0.39, 0.29) is 11.9 Å². The summed E-state index contributed by atoms with van der Waals surface area (Å²) in [7, 11) is 0. The molecule has 2 aromatic carbocycles. The SMILES string of the molecule is CCOC(=O)C1CCCN(c2nc(-c3ccc(Cl)cc3)nc3ccccc23)C1. The van der Waals surface area contributed by atoms with Crippen molar-refractivity contribution >= 4 is 34.3 Å². The third kappa shape index (κ3) is 3.80. The number of halogens is 1. The fourth-order valence-electron chi connectivity index (χ4n) is 3.65. The molecule has 0 aliphatic carbocycles. The van der Waals surface area contributed by atoms with E-state index in [1.54, 1.807) is 0 Å². The van der Waals surface area contributed by atoms with Crippen LogP contribution in [0.5, 0.6) is 0 Å². The van der Waals surface area contributed by atoms with Crippen LogP contribution in [0.2, 0.25) is 5.02 Å². The highest BCUT2D eigenvalue weighted by Crippen LogP contribution is 2.31. The lowest BCUT2D eigenvalue weighted by molar-refractivity contribution is -0.148. The molecule has 1 atom stereocenters. The molecule has 144 valence electrons.